The molecule has 2 saturated heterocycles. The van der Waals surface area contributed by atoms with Gasteiger partial charge in [-0.25, -0.2) is 0 Å². The van der Waals surface area contributed by atoms with Gasteiger partial charge in [0.05, 0.1) is 6.54 Å². The zero-order valence-corrected chi connectivity index (χ0v) is 17.2. The van der Waals surface area contributed by atoms with Gasteiger partial charge in [-0.05, 0) is 42.8 Å². The first kappa shape index (κ1) is 18.5. The predicted molar refractivity (Wildman–Crippen MR) is 113 cm³/mol. The number of rotatable bonds is 4. The Kier molecular flexibility index (Phi) is 5.15. The van der Waals surface area contributed by atoms with Crippen molar-refractivity contribution in [3.05, 3.63) is 29.0 Å². The molecule has 0 radical (unpaired) electrons. The average molecular weight is 412 g/mol. The van der Waals surface area contributed by atoms with Crippen molar-refractivity contribution in [2.75, 3.05) is 50.7 Å². The molecule has 0 saturated carbocycles. The molecule has 3 aromatic heterocycles. The molecule has 0 bridgehead atoms. The van der Waals surface area contributed by atoms with Crippen LogP contribution in [0.2, 0.25) is 0 Å². The molecule has 8 nitrogen and oxygen atoms in total. The van der Waals surface area contributed by atoms with E-state index in [4.69, 9.17) is 5.10 Å². The molecule has 29 heavy (non-hydrogen) atoms. The summed E-state index contributed by atoms with van der Waals surface area (Å²) in [4.78, 5) is 19.1. The first-order valence-electron chi connectivity index (χ1n) is 10.3. The Labute approximate surface area is 173 Å². The van der Waals surface area contributed by atoms with Crippen molar-refractivity contribution >= 4 is 28.7 Å². The summed E-state index contributed by atoms with van der Waals surface area (Å²) >= 11 is 1.64. The van der Waals surface area contributed by atoms with Crippen LogP contribution in [0.25, 0.3) is 17.0 Å². The Balaban J connectivity index is 1.24. The number of carbonyl (C=O) groups excluding carboxylic acids is 1. The molecule has 2 fully saturated rings. The minimum absolute atomic E-state index is 0.280. The van der Waals surface area contributed by atoms with Crippen molar-refractivity contribution in [2.24, 2.45) is 0 Å². The molecule has 0 aliphatic carbocycles. The highest BCUT2D eigenvalue weighted by atomic mass is 32.1. The lowest BCUT2D eigenvalue weighted by molar-refractivity contribution is -0.133. The fourth-order valence-electron chi connectivity index (χ4n) is 4.09. The topological polar surface area (TPSA) is 69.9 Å². The maximum Gasteiger partial charge on any atom is 0.236 e. The Hall–Kier alpha value is -2.52. The molecule has 0 aromatic carbocycles. The van der Waals surface area contributed by atoms with Crippen LogP contribution in [0.15, 0.2) is 29.0 Å². The number of carbonyl (C=O) groups is 1. The number of likely N-dealkylation sites (tertiary alicyclic amines) is 1. The quantitative estimate of drug-likeness (QED) is 0.654. The van der Waals surface area contributed by atoms with E-state index < -0.39 is 0 Å². The lowest BCUT2D eigenvalue weighted by Crippen LogP contribution is -2.51. The summed E-state index contributed by atoms with van der Waals surface area (Å²) in [5.41, 5.74) is 1.79. The Morgan fingerprint density at radius 1 is 0.966 bits per heavy atom. The standard InChI is InChI=1S/C20H25N7OS/c28-19(26-7-2-1-3-8-26)14-24-9-11-25(12-10-24)18-5-4-17-21-22-20(27(17)23-18)16-6-13-29-15-16/h4-6,13,15H,1-3,7-12,14H2. The first-order valence-corrected chi connectivity index (χ1v) is 11.2. The summed E-state index contributed by atoms with van der Waals surface area (Å²) in [7, 11) is 0. The van der Waals surface area contributed by atoms with Gasteiger partial charge in [0, 0.05) is 50.2 Å². The van der Waals surface area contributed by atoms with Crippen LogP contribution in [-0.4, -0.2) is 81.3 Å². The zero-order valence-electron chi connectivity index (χ0n) is 16.4. The molecule has 2 aliphatic heterocycles. The fraction of sp³-hybridized carbons (Fsp3) is 0.500. The molecular weight excluding hydrogens is 386 g/mol. The van der Waals surface area contributed by atoms with E-state index in [0.717, 1.165) is 75.0 Å². The van der Waals surface area contributed by atoms with Crippen LogP contribution >= 0.6 is 11.3 Å². The van der Waals surface area contributed by atoms with E-state index in [1.165, 1.54) is 6.42 Å². The summed E-state index contributed by atoms with van der Waals surface area (Å²) < 4.78 is 1.82. The van der Waals surface area contributed by atoms with Crippen molar-refractivity contribution < 1.29 is 4.79 Å². The highest BCUT2D eigenvalue weighted by molar-refractivity contribution is 7.08. The van der Waals surface area contributed by atoms with Crippen molar-refractivity contribution in [3.8, 4) is 11.4 Å². The second-order valence-corrected chi connectivity index (χ2v) is 8.48. The molecule has 3 aromatic rings. The van der Waals surface area contributed by atoms with Gasteiger partial charge in [-0.1, -0.05) is 0 Å². The molecule has 0 spiro atoms. The Morgan fingerprint density at radius 3 is 2.55 bits per heavy atom. The maximum absolute atomic E-state index is 12.5. The predicted octanol–water partition coefficient (Wildman–Crippen LogP) is 1.99. The number of amides is 1. The third kappa shape index (κ3) is 3.84. The van der Waals surface area contributed by atoms with E-state index in [2.05, 4.69) is 25.4 Å². The number of hydrogen-bond acceptors (Lipinski definition) is 7. The van der Waals surface area contributed by atoms with Gasteiger partial charge >= 0.3 is 0 Å². The molecule has 9 heteroatoms. The molecule has 2 aliphatic rings. The number of nitrogens with zero attached hydrogens (tertiary/aromatic N) is 7. The molecule has 0 N–H and O–H groups in total. The normalized spacial score (nSPS) is 18.5. The van der Waals surface area contributed by atoms with E-state index in [9.17, 15) is 4.79 Å². The minimum atomic E-state index is 0.280. The number of fused-ring (bicyclic) bond motifs is 1. The van der Waals surface area contributed by atoms with Crippen molar-refractivity contribution in [3.63, 3.8) is 0 Å². The molecule has 152 valence electrons. The van der Waals surface area contributed by atoms with Crippen LogP contribution in [0, 0.1) is 0 Å². The number of piperazine rings is 1. The Morgan fingerprint density at radius 2 is 1.79 bits per heavy atom. The second kappa shape index (κ2) is 8.08. The highest BCUT2D eigenvalue weighted by Crippen LogP contribution is 2.22. The Bertz CT molecular complexity index is 972. The van der Waals surface area contributed by atoms with Crippen molar-refractivity contribution in [1.82, 2.24) is 29.6 Å². The summed E-state index contributed by atoms with van der Waals surface area (Å²) in [6.45, 7) is 5.86. The summed E-state index contributed by atoms with van der Waals surface area (Å²) in [5.74, 6) is 1.98. The third-order valence-corrected chi connectivity index (χ3v) is 6.48. The number of hydrogen-bond donors (Lipinski definition) is 0. The van der Waals surface area contributed by atoms with E-state index in [0.29, 0.717) is 6.54 Å². The summed E-state index contributed by atoms with van der Waals surface area (Å²) in [6, 6.07) is 6.01. The molecule has 0 atom stereocenters. The van der Waals surface area contributed by atoms with E-state index >= 15 is 0 Å². The SMILES string of the molecule is O=C(CN1CCN(c2ccc3nnc(-c4ccsc4)n3n2)CC1)N1CCCCC1. The number of aromatic nitrogens is 4. The molecule has 0 unspecified atom stereocenters. The maximum atomic E-state index is 12.5. The van der Waals surface area contributed by atoms with Crippen molar-refractivity contribution in [2.45, 2.75) is 19.3 Å². The van der Waals surface area contributed by atoms with Gasteiger partial charge < -0.3 is 9.80 Å². The third-order valence-electron chi connectivity index (χ3n) is 5.79. The molecule has 5 rings (SSSR count). The fourth-order valence-corrected chi connectivity index (χ4v) is 4.72. The molecule has 1 amide bonds. The molecule has 5 heterocycles. The van der Waals surface area contributed by atoms with Gasteiger partial charge in [0.1, 0.15) is 5.82 Å². The van der Waals surface area contributed by atoms with Crippen LogP contribution in [-0.2, 0) is 4.79 Å². The average Bonchev–Trinajstić information content (AvgIpc) is 3.44. The van der Waals surface area contributed by atoms with Gasteiger partial charge in [0.15, 0.2) is 11.5 Å². The molecular formula is C20H25N7OS. The van der Waals surface area contributed by atoms with Gasteiger partial charge in [-0.2, -0.15) is 15.9 Å². The number of piperidine rings is 1. The lowest BCUT2D eigenvalue weighted by Gasteiger charge is -2.36. The zero-order chi connectivity index (χ0) is 19.6. The van der Waals surface area contributed by atoms with Gasteiger partial charge in [-0.15, -0.1) is 15.3 Å². The minimum Gasteiger partial charge on any atom is -0.353 e. The van der Waals surface area contributed by atoms with Gasteiger partial charge in [-0.3, -0.25) is 9.69 Å². The first-order chi connectivity index (χ1) is 14.3. The summed E-state index contributed by atoms with van der Waals surface area (Å²) in [6.07, 6.45) is 3.54. The van der Waals surface area contributed by atoms with Crippen LogP contribution in [0.3, 0.4) is 0 Å². The van der Waals surface area contributed by atoms with Gasteiger partial charge in [0.25, 0.3) is 0 Å². The largest absolute Gasteiger partial charge is 0.353 e. The monoisotopic (exact) mass is 411 g/mol. The summed E-state index contributed by atoms with van der Waals surface area (Å²) in [5, 5.41) is 17.4. The lowest BCUT2D eigenvalue weighted by atomic mass is 10.1. The highest BCUT2D eigenvalue weighted by Gasteiger charge is 2.24. The smallest absolute Gasteiger partial charge is 0.236 e. The van der Waals surface area contributed by atoms with Crippen LogP contribution in [0.5, 0.6) is 0 Å². The van der Waals surface area contributed by atoms with E-state index in [1.54, 1.807) is 11.3 Å². The van der Waals surface area contributed by atoms with Crippen LogP contribution in [0.4, 0.5) is 5.82 Å². The van der Waals surface area contributed by atoms with Crippen LogP contribution < -0.4 is 4.90 Å². The second-order valence-electron chi connectivity index (χ2n) is 7.70. The van der Waals surface area contributed by atoms with Gasteiger partial charge in [0.2, 0.25) is 5.91 Å². The number of anilines is 1. The van der Waals surface area contributed by atoms with E-state index in [-0.39, 0.29) is 5.91 Å². The van der Waals surface area contributed by atoms with Crippen molar-refractivity contribution in [1.29, 1.82) is 0 Å². The number of thiophene rings is 1. The van der Waals surface area contributed by atoms with E-state index in [1.807, 2.05) is 33.0 Å². The van der Waals surface area contributed by atoms with Crippen LogP contribution in [0.1, 0.15) is 19.3 Å².